The van der Waals surface area contributed by atoms with Crippen LogP contribution < -0.4 is 10.6 Å². The van der Waals surface area contributed by atoms with Crippen molar-refractivity contribution in [3.05, 3.63) is 4.88 Å². The zero-order valence-corrected chi connectivity index (χ0v) is 14.2. The van der Waals surface area contributed by atoms with Gasteiger partial charge in [0.25, 0.3) is 5.91 Å². The van der Waals surface area contributed by atoms with E-state index in [1.54, 1.807) is 0 Å². The highest BCUT2D eigenvalue weighted by molar-refractivity contribution is 7.18. The predicted molar refractivity (Wildman–Crippen MR) is 88.9 cm³/mol. The largest absolute Gasteiger partial charge is 0.382 e. The number of thiazole rings is 1. The van der Waals surface area contributed by atoms with Gasteiger partial charge in [0.15, 0.2) is 5.13 Å². The number of carbonyl (C=O) groups excluding carboxylic acids is 1. The summed E-state index contributed by atoms with van der Waals surface area (Å²) in [6.07, 6.45) is 3.37. The second-order valence-corrected chi connectivity index (χ2v) is 7.31. The minimum atomic E-state index is 0.0440. The summed E-state index contributed by atoms with van der Waals surface area (Å²) in [6, 6.07) is 0. The molecule has 1 amide bonds. The molecular formula is C15H26N4OS. The van der Waals surface area contributed by atoms with E-state index in [1.807, 2.05) is 23.9 Å². The number of rotatable bonds is 3. The van der Waals surface area contributed by atoms with E-state index in [-0.39, 0.29) is 5.91 Å². The Morgan fingerprint density at radius 1 is 1.38 bits per heavy atom. The first-order valence-corrected chi connectivity index (χ1v) is 8.44. The fraction of sp³-hybridized carbons (Fsp3) is 0.733. The number of amides is 1. The number of aromatic nitrogens is 1. The fourth-order valence-electron chi connectivity index (χ4n) is 2.80. The molecule has 2 N–H and O–H groups in total. The summed E-state index contributed by atoms with van der Waals surface area (Å²) < 4.78 is 0. The van der Waals surface area contributed by atoms with E-state index in [9.17, 15) is 4.79 Å². The lowest BCUT2D eigenvalue weighted by molar-refractivity contribution is 0.0764. The summed E-state index contributed by atoms with van der Waals surface area (Å²) in [7, 11) is 3.82. The van der Waals surface area contributed by atoms with Gasteiger partial charge in [0.05, 0.1) is 0 Å². The molecule has 1 aliphatic rings. The highest BCUT2D eigenvalue weighted by atomic mass is 32.1. The van der Waals surface area contributed by atoms with Crippen LogP contribution in [-0.2, 0) is 0 Å². The van der Waals surface area contributed by atoms with E-state index in [2.05, 4.69) is 18.8 Å². The Labute approximate surface area is 131 Å². The first-order valence-electron chi connectivity index (χ1n) is 7.63. The predicted octanol–water partition coefficient (Wildman–Crippen LogP) is 2.69. The Morgan fingerprint density at radius 2 is 2.10 bits per heavy atom. The third-order valence-corrected chi connectivity index (χ3v) is 5.45. The third kappa shape index (κ3) is 3.67. The topological polar surface area (TPSA) is 62.5 Å². The van der Waals surface area contributed by atoms with Crippen LogP contribution in [0.4, 0.5) is 10.9 Å². The Bertz CT molecular complexity index is 498. The lowest BCUT2D eigenvalue weighted by Gasteiger charge is -2.21. The van der Waals surface area contributed by atoms with Crippen LogP contribution in [0.2, 0.25) is 0 Å². The molecule has 6 heteroatoms. The average Bonchev–Trinajstić information content (AvgIpc) is 2.66. The zero-order valence-electron chi connectivity index (χ0n) is 13.4. The Kier molecular flexibility index (Phi) is 5.08. The summed E-state index contributed by atoms with van der Waals surface area (Å²) in [5.41, 5.74) is 5.93. The van der Waals surface area contributed by atoms with Crippen LogP contribution in [0.5, 0.6) is 0 Å². The molecule has 1 aliphatic heterocycles. The number of nitrogen functional groups attached to an aromatic ring is 1. The minimum absolute atomic E-state index is 0.0440. The second kappa shape index (κ2) is 6.64. The fourth-order valence-corrected chi connectivity index (χ4v) is 3.68. The summed E-state index contributed by atoms with van der Waals surface area (Å²) in [5, 5.41) is 0.783. The Morgan fingerprint density at radius 3 is 2.67 bits per heavy atom. The average molecular weight is 310 g/mol. The molecule has 1 saturated heterocycles. The van der Waals surface area contributed by atoms with Gasteiger partial charge in [0.1, 0.15) is 10.7 Å². The van der Waals surface area contributed by atoms with E-state index in [1.165, 1.54) is 17.8 Å². The van der Waals surface area contributed by atoms with Gasteiger partial charge in [0, 0.05) is 27.2 Å². The number of carbonyl (C=O) groups is 1. The molecule has 0 spiro atoms. The smallest absolute Gasteiger partial charge is 0.267 e. The maximum Gasteiger partial charge on any atom is 0.267 e. The number of hydrogen-bond acceptors (Lipinski definition) is 5. The Balaban J connectivity index is 2.09. The normalized spacial score (nSPS) is 19.7. The number of nitrogens with two attached hydrogens (primary N) is 1. The van der Waals surface area contributed by atoms with Crippen LogP contribution in [0.25, 0.3) is 0 Å². The summed E-state index contributed by atoms with van der Waals surface area (Å²) >= 11 is 1.38. The molecule has 0 aliphatic carbocycles. The van der Waals surface area contributed by atoms with Crippen molar-refractivity contribution in [3.63, 3.8) is 0 Å². The highest BCUT2D eigenvalue weighted by Gasteiger charge is 2.26. The van der Waals surface area contributed by atoms with Crippen LogP contribution in [0.1, 0.15) is 42.8 Å². The van der Waals surface area contributed by atoms with E-state index in [0.717, 1.165) is 37.0 Å². The Hall–Kier alpha value is -1.30. The van der Waals surface area contributed by atoms with Crippen molar-refractivity contribution in [2.45, 2.75) is 33.1 Å². The number of anilines is 2. The van der Waals surface area contributed by atoms with Crippen molar-refractivity contribution in [1.29, 1.82) is 0 Å². The van der Waals surface area contributed by atoms with Gasteiger partial charge in [-0.1, -0.05) is 25.2 Å². The maximum atomic E-state index is 12.7. The first kappa shape index (κ1) is 16.1. The van der Waals surface area contributed by atoms with Crippen LogP contribution in [0.15, 0.2) is 0 Å². The van der Waals surface area contributed by atoms with Crippen molar-refractivity contribution in [2.24, 2.45) is 11.8 Å². The van der Waals surface area contributed by atoms with E-state index >= 15 is 0 Å². The van der Waals surface area contributed by atoms with Crippen molar-refractivity contribution in [1.82, 2.24) is 9.88 Å². The molecule has 0 aromatic carbocycles. The van der Waals surface area contributed by atoms with Crippen LogP contribution in [0.3, 0.4) is 0 Å². The van der Waals surface area contributed by atoms with E-state index in [4.69, 9.17) is 5.73 Å². The van der Waals surface area contributed by atoms with Crippen molar-refractivity contribution >= 4 is 28.2 Å². The summed E-state index contributed by atoms with van der Waals surface area (Å²) in [5.74, 6) is 1.81. The summed E-state index contributed by atoms with van der Waals surface area (Å²) in [4.78, 5) is 21.4. The quantitative estimate of drug-likeness (QED) is 0.932. The molecule has 1 aromatic heterocycles. The molecule has 0 bridgehead atoms. The summed E-state index contributed by atoms with van der Waals surface area (Å²) in [6.45, 7) is 6.20. The van der Waals surface area contributed by atoms with Crippen LogP contribution >= 0.6 is 11.3 Å². The third-order valence-electron chi connectivity index (χ3n) is 4.22. The molecule has 2 rings (SSSR count). The van der Waals surface area contributed by atoms with Crippen LogP contribution in [0, 0.1) is 11.8 Å². The molecule has 118 valence electrons. The number of hydrogen-bond donors (Lipinski definition) is 1. The molecule has 21 heavy (non-hydrogen) atoms. The molecule has 5 nitrogen and oxygen atoms in total. The van der Waals surface area contributed by atoms with Gasteiger partial charge in [0.2, 0.25) is 0 Å². The molecule has 1 atom stereocenters. The van der Waals surface area contributed by atoms with Gasteiger partial charge >= 0.3 is 0 Å². The van der Waals surface area contributed by atoms with E-state index < -0.39 is 0 Å². The molecule has 2 heterocycles. The number of nitrogens with zero attached hydrogens (tertiary/aromatic N) is 3. The number of likely N-dealkylation sites (tertiary alicyclic amines) is 1. The van der Waals surface area contributed by atoms with Crippen molar-refractivity contribution in [2.75, 3.05) is 37.8 Å². The van der Waals surface area contributed by atoms with Gasteiger partial charge in [-0.05, 0) is 31.1 Å². The van der Waals surface area contributed by atoms with Gasteiger partial charge in [-0.2, -0.15) is 0 Å². The van der Waals surface area contributed by atoms with Gasteiger partial charge < -0.3 is 15.5 Å². The second-order valence-electron chi connectivity index (χ2n) is 6.33. The van der Waals surface area contributed by atoms with Crippen molar-refractivity contribution in [3.8, 4) is 0 Å². The van der Waals surface area contributed by atoms with Gasteiger partial charge in [-0.25, -0.2) is 4.98 Å². The van der Waals surface area contributed by atoms with Crippen LogP contribution in [-0.4, -0.2) is 43.0 Å². The molecular weight excluding hydrogens is 284 g/mol. The molecule has 0 saturated carbocycles. The molecule has 1 fully saturated rings. The monoisotopic (exact) mass is 310 g/mol. The molecule has 0 radical (unpaired) electrons. The zero-order chi connectivity index (χ0) is 15.6. The first-order chi connectivity index (χ1) is 9.90. The molecule has 1 aromatic rings. The minimum Gasteiger partial charge on any atom is -0.382 e. The van der Waals surface area contributed by atoms with Crippen molar-refractivity contribution < 1.29 is 4.79 Å². The molecule has 1 unspecified atom stereocenters. The lowest BCUT2D eigenvalue weighted by Crippen LogP contribution is -2.32. The van der Waals surface area contributed by atoms with Gasteiger partial charge in [-0.15, -0.1) is 0 Å². The van der Waals surface area contributed by atoms with Gasteiger partial charge in [-0.3, -0.25) is 4.79 Å². The SMILES string of the molecule is CC(C)C1CCCN(C(=O)c2sc(N(C)C)nc2N)CC1. The standard InChI is InChI=1S/C15H26N4OS/c1-10(2)11-6-5-8-19(9-7-11)14(20)12-13(16)17-15(21-12)18(3)4/h10-11H,5-9,16H2,1-4H3. The lowest BCUT2D eigenvalue weighted by atomic mass is 9.89. The van der Waals surface area contributed by atoms with E-state index in [0.29, 0.717) is 16.6 Å². The highest BCUT2D eigenvalue weighted by Crippen LogP contribution is 2.30. The maximum absolute atomic E-state index is 12.7.